The molecule has 2 aromatic carbocycles. The number of thioether (sulfide) groups is 1. The first kappa shape index (κ1) is 16.7. The lowest BCUT2D eigenvalue weighted by Crippen LogP contribution is -2.08. The lowest BCUT2D eigenvalue weighted by Gasteiger charge is -2.04. The second-order valence-electron chi connectivity index (χ2n) is 5.10. The van der Waals surface area contributed by atoms with Crippen LogP contribution in [0.3, 0.4) is 0 Å². The number of hydrogen-bond donors (Lipinski definition) is 0. The molecule has 0 N–H and O–H groups in total. The van der Waals surface area contributed by atoms with E-state index < -0.39 is 0 Å². The van der Waals surface area contributed by atoms with Gasteiger partial charge >= 0.3 is 5.97 Å². The number of thiazole rings is 1. The van der Waals surface area contributed by atoms with Crippen LogP contribution in [0, 0.1) is 0 Å². The Morgan fingerprint density at radius 3 is 2.58 bits per heavy atom. The van der Waals surface area contributed by atoms with Crippen molar-refractivity contribution in [3.8, 4) is 5.75 Å². The summed E-state index contributed by atoms with van der Waals surface area (Å²) in [5.41, 5.74) is 1.58. The van der Waals surface area contributed by atoms with Gasteiger partial charge in [-0.3, -0.25) is 9.59 Å². The normalized spacial score (nSPS) is 10.7. The van der Waals surface area contributed by atoms with E-state index in [2.05, 4.69) is 4.98 Å². The molecule has 4 nitrogen and oxygen atoms in total. The van der Waals surface area contributed by atoms with E-state index in [1.54, 1.807) is 47.4 Å². The molecule has 0 atom stereocenters. The van der Waals surface area contributed by atoms with Crippen molar-refractivity contribution < 1.29 is 14.3 Å². The SMILES string of the molecule is CC(=O)c1ccc(OC(=O)CCSc2nc3ccccc3s2)cc1. The molecule has 6 heteroatoms. The first-order chi connectivity index (χ1) is 11.6. The first-order valence-corrected chi connectivity index (χ1v) is 9.22. The zero-order valence-electron chi connectivity index (χ0n) is 13.0. The summed E-state index contributed by atoms with van der Waals surface area (Å²) in [6.07, 6.45) is 0.301. The fourth-order valence-corrected chi connectivity index (χ4v) is 4.13. The minimum absolute atomic E-state index is 0.0138. The Hall–Kier alpha value is -2.18. The van der Waals surface area contributed by atoms with E-state index in [0.29, 0.717) is 23.5 Å². The van der Waals surface area contributed by atoms with Crippen LogP contribution in [0.15, 0.2) is 52.9 Å². The Balaban J connectivity index is 1.49. The van der Waals surface area contributed by atoms with Crippen LogP contribution >= 0.6 is 23.1 Å². The summed E-state index contributed by atoms with van der Waals surface area (Å²) < 4.78 is 7.37. The standard InChI is InChI=1S/C18H15NO3S2/c1-12(20)13-6-8-14(9-7-13)22-17(21)10-11-23-18-19-15-4-2-3-5-16(15)24-18/h2-9H,10-11H2,1H3. The molecule has 0 unspecified atom stereocenters. The molecule has 0 amide bonds. The quantitative estimate of drug-likeness (QED) is 0.280. The molecular weight excluding hydrogens is 342 g/mol. The van der Waals surface area contributed by atoms with Gasteiger partial charge < -0.3 is 4.74 Å². The third-order valence-corrected chi connectivity index (χ3v) is 5.48. The van der Waals surface area contributed by atoms with Gasteiger partial charge in [-0.05, 0) is 43.3 Å². The molecule has 3 rings (SSSR count). The lowest BCUT2D eigenvalue weighted by atomic mass is 10.1. The summed E-state index contributed by atoms with van der Waals surface area (Å²) in [5, 5.41) is 0. The summed E-state index contributed by atoms with van der Waals surface area (Å²) in [4.78, 5) is 27.6. The molecule has 3 aromatic rings. The number of Topliss-reactive ketones (excluding diaryl/α,β-unsaturated/α-hetero) is 1. The topological polar surface area (TPSA) is 56.3 Å². The third kappa shape index (κ3) is 4.21. The minimum atomic E-state index is -0.292. The molecule has 122 valence electrons. The van der Waals surface area contributed by atoms with Crippen molar-refractivity contribution >= 4 is 45.1 Å². The predicted molar refractivity (Wildman–Crippen MR) is 97.0 cm³/mol. The number of ketones is 1. The van der Waals surface area contributed by atoms with Crippen LogP contribution in [0.1, 0.15) is 23.7 Å². The van der Waals surface area contributed by atoms with Crippen molar-refractivity contribution in [2.24, 2.45) is 0 Å². The summed E-state index contributed by atoms with van der Waals surface area (Å²) >= 11 is 3.18. The highest BCUT2D eigenvalue weighted by atomic mass is 32.2. The maximum absolute atomic E-state index is 11.9. The van der Waals surface area contributed by atoms with E-state index in [-0.39, 0.29) is 11.8 Å². The number of hydrogen-bond acceptors (Lipinski definition) is 6. The highest BCUT2D eigenvalue weighted by molar-refractivity contribution is 8.01. The van der Waals surface area contributed by atoms with Crippen LogP contribution in [0.5, 0.6) is 5.75 Å². The van der Waals surface area contributed by atoms with Gasteiger partial charge in [0.2, 0.25) is 0 Å². The molecule has 0 aliphatic carbocycles. The molecular formula is C18H15NO3S2. The van der Waals surface area contributed by atoms with Crippen molar-refractivity contribution in [3.05, 3.63) is 54.1 Å². The molecule has 0 saturated heterocycles. The van der Waals surface area contributed by atoms with Gasteiger partial charge in [0.25, 0.3) is 0 Å². The number of fused-ring (bicyclic) bond motifs is 1. The number of aromatic nitrogens is 1. The zero-order valence-corrected chi connectivity index (χ0v) is 14.7. The van der Waals surface area contributed by atoms with E-state index in [0.717, 1.165) is 14.6 Å². The smallest absolute Gasteiger partial charge is 0.312 e. The number of esters is 1. The number of nitrogens with zero attached hydrogens (tertiary/aromatic N) is 1. The van der Waals surface area contributed by atoms with Crippen molar-refractivity contribution in [1.29, 1.82) is 0 Å². The molecule has 24 heavy (non-hydrogen) atoms. The lowest BCUT2D eigenvalue weighted by molar-refractivity contribution is -0.133. The van der Waals surface area contributed by atoms with Gasteiger partial charge in [-0.15, -0.1) is 11.3 Å². The van der Waals surface area contributed by atoms with Crippen LogP contribution in [-0.2, 0) is 4.79 Å². The van der Waals surface area contributed by atoms with Crippen LogP contribution in [0.25, 0.3) is 10.2 Å². The number of carbonyl (C=O) groups excluding carboxylic acids is 2. The van der Waals surface area contributed by atoms with E-state index in [4.69, 9.17) is 4.74 Å². The summed E-state index contributed by atoms with van der Waals surface area (Å²) in [6, 6.07) is 14.5. The fourth-order valence-electron chi connectivity index (χ4n) is 2.07. The largest absolute Gasteiger partial charge is 0.427 e. The van der Waals surface area contributed by atoms with Crippen molar-refractivity contribution in [2.75, 3.05) is 5.75 Å². The van der Waals surface area contributed by atoms with Gasteiger partial charge in [0.05, 0.1) is 16.6 Å². The molecule has 0 fully saturated rings. The minimum Gasteiger partial charge on any atom is -0.427 e. The van der Waals surface area contributed by atoms with Crippen LogP contribution in [0.2, 0.25) is 0 Å². The van der Waals surface area contributed by atoms with Crippen LogP contribution in [-0.4, -0.2) is 22.5 Å². The van der Waals surface area contributed by atoms with Gasteiger partial charge in [-0.25, -0.2) is 4.98 Å². The van der Waals surface area contributed by atoms with Gasteiger partial charge in [0.15, 0.2) is 10.1 Å². The predicted octanol–water partition coefficient (Wildman–Crippen LogP) is 4.59. The third-order valence-electron chi connectivity index (χ3n) is 3.30. The molecule has 0 aliphatic rings. The molecule has 0 aliphatic heterocycles. The Bertz CT molecular complexity index is 838. The molecule has 0 saturated carbocycles. The highest BCUT2D eigenvalue weighted by Crippen LogP contribution is 2.29. The van der Waals surface area contributed by atoms with Crippen LogP contribution < -0.4 is 4.74 Å². The summed E-state index contributed by atoms with van der Waals surface area (Å²) in [5.74, 6) is 0.763. The average molecular weight is 357 g/mol. The summed E-state index contributed by atoms with van der Waals surface area (Å²) in [7, 11) is 0. The van der Waals surface area contributed by atoms with Crippen molar-refractivity contribution in [1.82, 2.24) is 4.98 Å². The molecule has 1 heterocycles. The second kappa shape index (κ2) is 7.59. The maximum atomic E-state index is 11.9. The Labute approximate surface area is 147 Å². The molecule has 0 radical (unpaired) electrons. The summed E-state index contributed by atoms with van der Waals surface area (Å²) in [6.45, 7) is 1.50. The average Bonchev–Trinajstić information content (AvgIpc) is 2.98. The van der Waals surface area contributed by atoms with Gasteiger partial charge in [0.1, 0.15) is 5.75 Å². The van der Waals surface area contributed by atoms with Gasteiger partial charge in [-0.1, -0.05) is 23.9 Å². The number of benzene rings is 2. The van der Waals surface area contributed by atoms with Crippen molar-refractivity contribution in [3.63, 3.8) is 0 Å². The number of rotatable bonds is 6. The van der Waals surface area contributed by atoms with Gasteiger partial charge in [-0.2, -0.15) is 0 Å². The highest BCUT2D eigenvalue weighted by Gasteiger charge is 2.08. The Morgan fingerprint density at radius 2 is 1.88 bits per heavy atom. The van der Waals surface area contributed by atoms with E-state index >= 15 is 0 Å². The Kier molecular flexibility index (Phi) is 5.27. The maximum Gasteiger partial charge on any atom is 0.312 e. The van der Waals surface area contributed by atoms with E-state index in [1.807, 2.05) is 24.3 Å². The number of para-hydroxylation sites is 1. The van der Waals surface area contributed by atoms with Gasteiger partial charge in [0, 0.05) is 11.3 Å². The number of ether oxygens (including phenoxy) is 1. The number of carbonyl (C=O) groups is 2. The zero-order chi connectivity index (χ0) is 16.9. The molecule has 1 aromatic heterocycles. The first-order valence-electron chi connectivity index (χ1n) is 7.42. The fraction of sp³-hybridized carbons (Fsp3) is 0.167. The van der Waals surface area contributed by atoms with Crippen LogP contribution in [0.4, 0.5) is 0 Å². The Morgan fingerprint density at radius 1 is 1.12 bits per heavy atom. The monoisotopic (exact) mass is 357 g/mol. The van der Waals surface area contributed by atoms with E-state index in [1.165, 1.54) is 6.92 Å². The van der Waals surface area contributed by atoms with E-state index in [9.17, 15) is 9.59 Å². The molecule has 0 bridgehead atoms. The molecule has 0 spiro atoms. The second-order valence-corrected chi connectivity index (χ2v) is 7.47. The van der Waals surface area contributed by atoms with Crippen molar-refractivity contribution in [2.45, 2.75) is 17.7 Å².